The second-order valence-electron chi connectivity index (χ2n) is 7.76. The van der Waals surface area contributed by atoms with Crippen molar-refractivity contribution in [3.05, 3.63) is 78.9 Å². The van der Waals surface area contributed by atoms with Crippen LogP contribution in [0.2, 0.25) is 0 Å². The standard InChI is InChI=1S/C26H15N3O3/c30-26-25(24-18(27-26)11-12-21-23(24)17-6-2-4-8-20(17)31-21)29-28-14-9-10-16-15-5-1-3-7-19(15)32-22(16)13-14/h1-13,27,30H. The van der Waals surface area contributed by atoms with Crippen LogP contribution in [-0.4, -0.2) is 10.1 Å². The predicted molar refractivity (Wildman–Crippen MR) is 125 cm³/mol. The molecule has 0 aliphatic heterocycles. The number of nitrogens with one attached hydrogen (secondary N) is 1. The summed E-state index contributed by atoms with van der Waals surface area (Å²) in [5, 5.41) is 24.2. The Morgan fingerprint density at radius 2 is 1.34 bits per heavy atom. The van der Waals surface area contributed by atoms with Gasteiger partial charge in [0.15, 0.2) is 5.69 Å². The number of rotatable bonds is 2. The van der Waals surface area contributed by atoms with Crippen molar-refractivity contribution in [2.75, 3.05) is 0 Å². The van der Waals surface area contributed by atoms with Gasteiger partial charge in [0.05, 0.1) is 11.2 Å². The highest BCUT2D eigenvalue weighted by Crippen LogP contribution is 2.44. The monoisotopic (exact) mass is 417 g/mol. The Balaban J connectivity index is 1.42. The summed E-state index contributed by atoms with van der Waals surface area (Å²) in [7, 11) is 0. The molecule has 0 radical (unpaired) electrons. The van der Waals surface area contributed by atoms with Gasteiger partial charge < -0.3 is 18.9 Å². The lowest BCUT2D eigenvalue weighted by molar-refractivity contribution is 0.459. The van der Waals surface area contributed by atoms with Crippen LogP contribution in [0.5, 0.6) is 5.88 Å². The number of hydrogen-bond donors (Lipinski definition) is 2. The highest BCUT2D eigenvalue weighted by atomic mass is 16.3. The minimum Gasteiger partial charge on any atom is -0.493 e. The molecule has 0 unspecified atom stereocenters. The van der Waals surface area contributed by atoms with E-state index in [0.717, 1.165) is 54.8 Å². The number of aromatic hydroxyl groups is 1. The fourth-order valence-electron chi connectivity index (χ4n) is 4.45. The molecule has 0 saturated heterocycles. The lowest BCUT2D eigenvalue weighted by Gasteiger charge is -1.96. The molecule has 7 rings (SSSR count). The van der Waals surface area contributed by atoms with E-state index in [1.54, 1.807) is 0 Å². The van der Waals surface area contributed by atoms with Crippen molar-refractivity contribution in [1.29, 1.82) is 0 Å². The lowest BCUT2D eigenvalue weighted by Crippen LogP contribution is -1.71. The van der Waals surface area contributed by atoms with Crippen LogP contribution in [0.1, 0.15) is 0 Å². The maximum Gasteiger partial charge on any atom is 0.218 e. The molecule has 0 fully saturated rings. The van der Waals surface area contributed by atoms with Crippen LogP contribution < -0.4 is 0 Å². The number of aromatic amines is 1. The summed E-state index contributed by atoms with van der Waals surface area (Å²) >= 11 is 0. The Bertz CT molecular complexity index is 1850. The first kappa shape index (κ1) is 17.1. The van der Waals surface area contributed by atoms with Gasteiger partial charge in [-0.25, -0.2) is 0 Å². The van der Waals surface area contributed by atoms with Crippen LogP contribution in [0.15, 0.2) is 97.9 Å². The zero-order valence-corrected chi connectivity index (χ0v) is 16.7. The van der Waals surface area contributed by atoms with Gasteiger partial charge in [-0.2, -0.15) is 5.11 Å². The molecule has 0 amide bonds. The van der Waals surface area contributed by atoms with Crippen LogP contribution in [0.3, 0.4) is 0 Å². The molecule has 32 heavy (non-hydrogen) atoms. The summed E-state index contributed by atoms with van der Waals surface area (Å²) in [6.45, 7) is 0. The molecule has 0 atom stereocenters. The van der Waals surface area contributed by atoms with Gasteiger partial charge in [0.25, 0.3) is 0 Å². The molecule has 0 spiro atoms. The van der Waals surface area contributed by atoms with E-state index in [2.05, 4.69) is 15.2 Å². The second kappa shape index (κ2) is 6.21. The smallest absolute Gasteiger partial charge is 0.218 e. The first-order valence-electron chi connectivity index (χ1n) is 10.2. The first-order valence-corrected chi connectivity index (χ1v) is 10.2. The number of nitrogens with zero attached hydrogens (tertiary/aromatic N) is 2. The Morgan fingerprint density at radius 1 is 0.625 bits per heavy atom. The van der Waals surface area contributed by atoms with Crippen LogP contribution >= 0.6 is 0 Å². The molecule has 0 aliphatic carbocycles. The molecule has 0 aliphatic rings. The molecular weight excluding hydrogens is 402 g/mol. The van der Waals surface area contributed by atoms with Gasteiger partial charge >= 0.3 is 0 Å². The van der Waals surface area contributed by atoms with Crippen molar-refractivity contribution >= 4 is 66.2 Å². The summed E-state index contributed by atoms with van der Waals surface area (Å²) in [5.74, 6) is -0.0358. The van der Waals surface area contributed by atoms with Crippen molar-refractivity contribution < 1.29 is 13.9 Å². The number of azo groups is 1. The predicted octanol–water partition coefficient (Wildman–Crippen LogP) is 8.09. The Labute approximate surface area is 180 Å². The molecule has 0 bridgehead atoms. The van der Waals surface area contributed by atoms with Crippen LogP contribution in [-0.2, 0) is 0 Å². The fraction of sp³-hybridized carbons (Fsp3) is 0. The van der Waals surface area contributed by atoms with Gasteiger partial charge in [-0.3, -0.25) is 0 Å². The van der Waals surface area contributed by atoms with Crippen molar-refractivity contribution in [3.8, 4) is 5.88 Å². The normalized spacial score (nSPS) is 12.4. The van der Waals surface area contributed by atoms with Crippen molar-refractivity contribution in [2.45, 2.75) is 0 Å². The average molecular weight is 417 g/mol. The third-order valence-corrected chi connectivity index (χ3v) is 5.89. The molecule has 6 nitrogen and oxygen atoms in total. The minimum absolute atomic E-state index is 0.0358. The molecule has 3 heterocycles. The number of fused-ring (bicyclic) bond motifs is 8. The third kappa shape index (κ3) is 2.34. The van der Waals surface area contributed by atoms with Crippen molar-refractivity contribution in [1.82, 2.24) is 4.98 Å². The highest BCUT2D eigenvalue weighted by Gasteiger charge is 2.18. The van der Waals surface area contributed by atoms with Gasteiger partial charge in [0.1, 0.15) is 22.3 Å². The topological polar surface area (TPSA) is 87.0 Å². The Hall–Kier alpha value is -4.58. The number of H-pyrrole nitrogens is 1. The second-order valence-corrected chi connectivity index (χ2v) is 7.76. The van der Waals surface area contributed by atoms with E-state index in [1.165, 1.54) is 0 Å². The fourth-order valence-corrected chi connectivity index (χ4v) is 4.45. The van der Waals surface area contributed by atoms with E-state index in [4.69, 9.17) is 8.83 Å². The molecule has 3 aromatic heterocycles. The summed E-state index contributed by atoms with van der Waals surface area (Å²) < 4.78 is 11.9. The number of para-hydroxylation sites is 2. The zero-order chi connectivity index (χ0) is 21.2. The largest absolute Gasteiger partial charge is 0.493 e. The number of aromatic nitrogens is 1. The van der Waals surface area contributed by atoms with E-state index in [-0.39, 0.29) is 5.88 Å². The van der Waals surface area contributed by atoms with Crippen LogP contribution in [0, 0.1) is 0 Å². The molecule has 152 valence electrons. The summed E-state index contributed by atoms with van der Waals surface area (Å²) in [6.07, 6.45) is 0. The van der Waals surface area contributed by atoms with Gasteiger partial charge in [-0.15, -0.1) is 5.11 Å². The highest BCUT2D eigenvalue weighted by molar-refractivity contribution is 6.22. The third-order valence-electron chi connectivity index (χ3n) is 5.89. The quantitative estimate of drug-likeness (QED) is 0.279. The van der Waals surface area contributed by atoms with E-state index in [9.17, 15) is 5.11 Å². The van der Waals surface area contributed by atoms with Crippen molar-refractivity contribution in [3.63, 3.8) is 0 Å². The van der Waals surface area contributed by atoms with Crippen molar-refractivity contribution in [2.24, 2.45) is 10.2 Å². The summed E-state index contributed by atoms with van der Waals surface area (Å²) in [5.41, 5.74) is 4.88. The Morgan fingerprint density at radius 3 is 2.22 bits per heavy atom. The van der Waals surface area contributed by atoms with E-state index < -0.39 is 0 Å². The number of furan rings is 2. The SMILES string of the molecule is Oc1[nH]c2ccc3oc4ccccc4c3c2c1N=Nc1ccc2c(c1)oc1ccccc12. The van der Waals surface area contributed by atoms with Crippen LogP contribution in [0.4, 0.5) is 11.4 Å². The van der Waals surface area contributed by atoms with Gasteiger partial charge in [0.2, 0.25) is 5.88 Å². The van der Waals surface area contributed by atoms with Crippen LogP contribution in [0.25, 0.3) is 54.8 Å². The summed E-state index contributed by atoms with van der Waals surface area (Å²) in [6, 6.07) is 25.2. The molecule has 7 aromatic rings. The molecule has 6 heteroatoms. The van der Waals surface area contributed by atoms with Gasteiger partial charge in [0, 0.05) is 33.0 Å². The molecular formula is C26H15N3O3. The summed E-state index contributed by atoms with van der Waals surface area (Å²) in [4.78, 5) is 3.00. The first-order chi connectivity index (χ1) is 15.8. The van der Waals surface area contributed by atoms with Gasteiger partial charge in [-0.1, -0.05) is 36.4 Å². The van der Waals surface area contributed by atoms with Gasteiger partial charge in [-0.05, 0) is 36.4 Å². The molecule has 2 N–H and O–H groups in total. The Kier molecular flexibility index (Phi) is 3.33. The average Bonchev–Trinajstić information content (AvgIpc) is 3.47. The number of hydrogen-bond acceptors (Lipinski definition) is 5. The lowest BCUT2D eigenvalue weighted by atomic mass is 10.1. The molecule has 4 aromatic carbocycles. The maximum atomic E-state index is 10.6. The van der Waals surface area contributed by atoms with E-state index >= 15 is 0 Å². The molecule has 0 saturated carbocycles. The maximum absolute atomic E-state index is 10.6. The van der Waals surface area contributed by atoms with E-state index in [0.29, 0.717) is 11.4 Å². The number of benzene rings is 4. The minimum atomic E-state index is -0.0358. The van der Waals surface area contributed by atoms with E-state index in [1.807, 2.05) is 78.9 Å². The zero-order valence-electron chi connectivity index (χ0n) is 16.7.